The summed E-state index contributed by atoms with van der Waals surface area (Å²) in [5.74, 6) is 1.53. The maximum atomic E-state index is 8.39. The molecule has 0 aliphatic heterocycles. The van der Waals surface area contributed by atoms with E-state index < -0.39 is 6.04 Å². The molecule has 0 fully saturated rings. The van der Waals surface area contributed by atoms with Gasteiger partial charge in [0.25, 0.3) is 0 Å². The lowest BCUT2D eigenvalue weighted by atomic mass is 10.0. The number of aromatic nitrogens is 3. The lowest BCUT2D eigenvalue weighted by molar-refractivity contribution is 0.669. The van der Waals surface area contributed by atoms with Crippen LogP contribution in [0, 0.1) is 0 Å². The van der Waals surface area contributed by atoms with Gasteiger partial charge in [-0.15, -0.1) is 0 Å². The Bertz CT molecular complexity index is 2060. The number of rotatable bonds is 4. The Morgan fingerprint density at radius 1 is 0.514 bits per heavy atom. The molecule has 0 aliphatic rings. The van der Waals surface area contributed by atoms with Crippen LogP contribution in [0.4, 0.5) is 0 Å². The van der Waals surface area contributed by atoms with E-state index in [1.54, 1.807) is 12.1 Å². The number of fused-ring (bicyclic) bond motifs is 3. The summed E-state index contributed by atoms with van der Waals surface area (Å²) in [6.07, 6.45) is 0. The van der Waals surface area contributed by atoms with Crippen molar-refractivity contribution in [3.63, 3.8) is 0 Å². The second kappa shape index (κ2) is 8.85. The molecule has 0 unspecified atom stereocenters. The fraction of sp³-hybridized carbons (Fsp3) is 0. The Hall–Kier alpha value is -5.09. The average Bonchev–Trinajstić information content (AvgIpc) is 3.42. The van der Waals surface area contributed by atoms with Gasteiger partial charge in [-0.3, -0.25) is 0 Å². The first kappa shape index (κ1) is 16.6. The largest absolute Gasteiger partial charge is 0.455 e. The highest BCUT2D eigenvalue weighted by Crippen LogP contribution is 2.37. The highest BCUT2D eigenvalue weighted by molar-refractivity contribution is 6.09. The van der Waals surface area contributed by atoms with Gasteiger partial charge in [0.1, 0.15) is 11.2 Å². The normalized spacial score (nSPS) is 13.1. The second-order valence-corrected chi connectivity index (χ2v) is 8.53. The first-order valence-corrected chi connectivity index (χ1v) is 11.8. The van der Waals surface area contributed by atoms with E-state index in [2.05, 4.69) is 0 Å². The van der Waals surface area contributed by atoms with Crippen molar-refractivity contribution in [2.45, 2.75) is 0 Å². The van der Waals surface area contributed by atoms with Crippen molar-refractivity contribution in [1.82, 2.24) is 15.0 Å². The van der Waals surface area contributed by atoms with Crippen LogP contribution in [-0.4, -0.2) is 15.0 Å². The van der Waals surface area contributed by atoms with Gasteiger partial charge >= 0.3 is 0 Å². The zero-order valence-electron chi connectivity index (χ0n) is 24.5. The van der Waals surface area contributed by atoms with Crippen LogP contribution >= 0.6 is 0 Å². The van der Waals surface area contributed by atoms with E-state index in [0.717, 1.165) is 21.9 Å². The molecule has 4 heteroatoms. The first-order valence-electron chi connectivity index (χ1n) is 14.3. The molecule has 174 valence electrons. The summed E-state index contributed by atoms with van der Waals surface area (Å²) < 4.78 is 47.2. The standard InChI is InChI=1S/C33H21N3O/c1-4-11-22(12-5-1)25-19-20-26-27-17-10-18-28(30(27)37-29(26)21-25)33-35-31(23-13-6-2-7-14-23)34-32(36-33)24-15-8-3-9-16-24/h1-21H/i1D,4D,5D,11D,12D. The lowest BCUT2D eigenvalue weighted by Gasteiger charge is -2.08. The summed E-state index contributed by atoms with van der Waals surface area (Å²) in [6, 6.07) is 28.8. The van der Waals surface area contributed by atoms with Crippen molar-refractivity contribution in [1.29, 1.82) is 0 Å². The highest BCUT2D eigenvalue weighted by atomic mass is 16.3. The summed E-state index contributed by atoms with van der Waals surface area (Å²) in [6.45, 7) is 0. The Kier molecular flexibility index (Phi) is 3.96. The third-order valence-electron chi connectivity index (χ3n) is 6.23. The van der Waals surface area contributed by atoms with E-state index >= 15 is 0 Å². The molecule has 7 rings (SSSR count). The number of benzene rings is 5. The summed E-state index contributed by atoms with van der Waals surface area (Å²) >= 11 is 0. The summed E-state index contributed by atoms with van der Waals surface area (Å²) in [4.78, 5) is 14.5. The van der Waals surface area contributed by atoms with Crippen LogP contribution in [0.2, 0.25) is 0 Å². The molecule has 0 saturated heterocycles. The molecule has 7 aromatic rings. The molecule has 0 atom stereocenters. The number of nitrogens with zero attached hydrogens (tertiary/aromatic N) is 3. The molecule has 37 heavy (non-hydrogen) atoms. The van der Waals surface area contributed by atoms with Gasteiger partial charge in [-0.25, -0.2) is 15.0 Å². The molecule has 0 amide bonds. The molecule has 2 aromatic heterocycles. The zero-order valence-corrected chi connectivity index (χ0v) is 19.5. The number of furan rings is 1. The predicted molar refractivity (Wildman–Crippen MR) is 149 cm³/mol. The molecular weight excluding hydrogens is 454 g/mol. The topological polar surface area (TPSA) is 51.8 Å². The van der Waals surface area contributed by atoms with Crippen molar-refractivity contribution in [3.05, 3.63) is 127 Å². The van der Waals surface area contributed by atoms with Crippen molar-refractivity contribution < 1.29 is 11.3 Å². The average molecular weight is 481 g/mol. The van der Waals surface area contributed by atoms with Gasteiger partial charge in [0.2, 0.25) is 0 Å². The summed E-state index contributed by atoms with van der Waals surface area (Å²) in [5, 5.41) is 1.67. The third-order valence-corrected chi connectivity index (χ3v) is 6.23. The van der Waals surface area contributed by atoms with Crippen molar-refractivity contribution in [3.8, 4) is 45.3 Å². The smallest absolute Gasteiger partial charge is 0.167 e. The fourth-order valence-corrected chi connectivity index (χ4v) is 4.45. The predicted octanol–water partition coefficient (Wildman–Crippen LogP) is 8.44. The zero-order chi connectivity index (χ0) is 29.0. The minimum atomic E-state index is -0.426. The minimum absolute atomic E-state index is 0.126. The maximum absolute atomic E-state index is 8.39. The first-order chi connectivity index (χ1) is 20.4. The second-order valence-electron chi connectivity index (χ2n) is 8.53. The Labute approximate surface area is 221 Å². The van der Waals surface area contributed by atoms with Gasteiger partial charge in [0.15, 0.2) is 17.5 Å². The van der Waals surface area contributed by atoms with Crippen LogP contribution in [-0.2, 0) is 0 Å². The van der Waals surface area contributed by atoms with Crippen molar-refractivity contribution >= 4 is 21.9 Å². The highest BCUT2D eigenvalue weighted by Gasteiger charge is 2.17. The number of hydrogen-bond acceptors (Lipinski definition) is 4. The van der Waals surface area contributed by atoms with Gasteiger partial charge in [-0.05, 0) is 29.3 Å². The van der Waals surface area contributed by atoms with Crippen LogP contribution in [0.25, 0.3) is 67.2 Å². The Balaban J connectivity index is 1.44. The number of hydrogen-bond donors (Lipinski definition) is 0. The van der Waals surface area contributed by atoms with Gasteiger partial charge < -0.3 is 4.42 Å². The van der Waals surface area contributed by atoms with Gasteiger partial charge in [-0.2, -0.15) is 0 Å². The van der Waals surface area contributed by atoms with Gasteiger partial charge in [-0.1, -0.05) is 109 Å². The molecule has 0 spiro atoms. The van der Waals surface area contributed by atoms with Crippen LogP contribution in [0.3, 0.4) is 0 Å². The van der Waals surface area contributed by atoms with E-state index in [1.807, 2.05) is 84.9 Å². The molecule has 0 radical (unpaired) electrons. The third kappa shape index (κ3) is 3.85. The minimum Gasteiger partial charge on any atom is -0.455 e. The molecule has 0 N–H and O–H groups in total. The maximum Gasteiger partial charge on any atom is 0.167 e. The van der Waals surface area contributed by atoms with Crippen LogP contribution < -0.4 is 0 Å². The van der Waals surface area contributed by atoms with Crippen LogP contribution in [0.1, 0.15) is 6.85 Å². The Morgan fingerprint density at radius 2 is 1.16 bits per heavy atom. The van der Waals surface area contributed by atoms with Crippen molar-refractivity contribution in [2.24, 2.45) is 0 Å². The Morgan fingerprint density at radius 3 is 1.84 bits per heavy atom. The molecule has 0 aliphatic carbocycles. The SMILES string of the molecule is [2H]c1c([2H])c([2H])c(-c2ccc3c(c2)oc2c(-c4nc(-c5ccccc5)nc(-c5ccccc5)n4)cccc23)c([2H])c1[2H]. The van der Waals surface area contributed by atoms with E-state index in [1.165, 1.54) is 0 Å². The van der Waals surface area contributed by atoms with E-state index in [0.29, 0.717) is 39.8 Å². The van der Waals surface area contributed by atoms with Gasteiger partial charge in [0.05, 0.1) is 12.4 Å². The summed E-state index contributed by atoms with van der Waals surface area (Å²) in [5.41, 5.74) is 4.10. The molecular formula is C33H21N3O. The monoisotopic (exact) mass is 480 g/mol. The van der Waals surface area contributed by atoms with E-state index in [-0.39, 0.29) is 29.7 Å². The molecule has 4 nitrogen and oxygen atoms in total. The van der Waals surface area contributed by atoms with Crippen molar-refractivity contribution in [2.75, 3.05) is 0 Å². The van der Waals surface area contributed by atoms with E-state index in [9.17, 15) is 0 Å². The van der Waals surface area contributed by atoms with Crippen LogP contribution in [0.15, 0.2) is 132 Å². The van der Waals surface area contributed by atoms with Crippen LogP contribution in [0.5, 0.6) is 0 Å². The van der Waals surface area contributed by atoms with Gasteiger partial charge in [0, 0.05) is 21.9 Å². The number of para-hydroxylation sites is 1. The molecule has 5 aromatic carbocycles. The summed E-state index contributed by atoms with van der Waals surface area (Å²) in [7, 11) is 0. The molecule has 0 saturated carbocycles. The van der Waals surface area contributed by atoms with E-state index in [4.69, 9.17) is 26.2 Å². The fourth-order valence-electron chi connectivity index (χ4n) is 4.45. The quantitative estimate of drug-likeness (QED) is 0.254. The molecule has 2 heterocycles. The molecule has 0 bridgehead atoms. The lowest BCUT2D eigenvalue weighted by Crippen LogP contribution is -2.00.